The molecule has 114 valence electrons. The van der Waals surface area contributed by atoms with E-state index in [1.165, 1.54) is 16.7 Å². The van der Waals surface area contributed by atoms with Crippen molar-refractivity contribution in [3.8, 4) is 0 Å². The Balaban J connectivity index is 2.25. The molecule has 3 nitrogen and oxygen atoms in total. The number of aryl methyl sites for hydroxylation is 3. The minimum atomic E-state index is 0.330. The van der Waals surface area contributed by atoms with Crippen molar-refractivity contribution in [1.29, 1.82) is 0 Å². The maximum absolute atomic E-state index is 4.53. The summed E-state index contributed by atoms with van der Waals surface area (Å²) in [6.45, 7) is 10.7. The van der Waals surface area contributed by atoms with Crippen LogP contribution >= 0.6 is 0 Å². The van der Waals surface area contributed by atoms with Gasteiger partial charge in [-0.15, -0.1) is 0 Å². The summed E-state index contributed by atoms with van der Waals surface area (Å²) >= 11 is 0. The molecule has 2 rings (SSSR count). The Morgan fingerprint density at radius 2 is 1.86 bits per heavy atom. The second-order valence-corrected chi connectivity index (χ2v) is 5.76. The SMILES string of the molecule is CCCNC(Cc1nccn1CC)c1cc(C)cc(C)c1. The number of nitrogens with one attached hydrogen (secondary N) is 1. The second-order valence-electron chi connectivity index (χ2n) is 5.76. The summed E-state index contributed by atoms with van der Waals surface area (Å²) in [5.41, 5.74) is 4.02. The van der Waals surface area contributed by atoms with E-state index in [0.717, 1.165) is 31.8 Å². The molecule has 0 amide bonds. The van der Waals surface area contributed by atoms with E-state index in [4.69, 9.17) is 0 Å². The third-order valence-electron chi connectivity index (χ3n) is 3.82. The Kier molecular flexibility index (Phi) is 5.57. The van der Waals surface area contributed by atoms with Crippen molar-refractivity contribution in [2.24, 2.45) is 0 Å². The molecule has 1 aromatic carbocycles. The van der Waals surface area contributed by atoms with Crippen LogP contribution in [0.2, 0.25) is 0 Å². The first-order chi connectivity index (χ1) is 10.1. The molecule has 1 heterocycles. The van der Waals surface area contributed by atoms with Gasteiger partial charge in [0.25, 0.3) is 0 Å². The average molecular weight is 285 g/mol. The van der Waals surface area contributed by atoms with Gasteiger partial charge in [-0.25, -0.2) is 4.98 Å². The molecule has 0 spiro atoms. The molecule has 0 saturated carbocycles. The van der Waals surface area contributed by atoms with E-state index >= 15 is 0 Å². The van der Waals surface area contributed by atoms with Crippen molar-refractivity contribution in [2.75, 3.05) is 6.54 Å². The zero-order chi connectivity index (χ0) is 15.2. The van der Waals surface area contributed by atoms with Crippen LogP contribution in [0, 0.1) is 13.8 Å². The van der Waals surface area contributed by atoms with Crippen molar-refractivity contribution in [1.82, 2.24) is 14.9 Å². The van der Waals surface area contributed by atoms with Crippen LogP contribution in [0.4, 0.5) is 0 Å². The number of hydrogen-bond donors (Lipinski definition) is 1. The number of rotatable bonds is 7. The van der Waals surface area contributed by atoms with Gasteiger partial charge in [-0.1, -0.05) is 36.2 Å². The maximum atomic E-state index is 4.53. The zero-order valence-corrected chi connectivity index (χ0v) is 13.7. The lowest BCUT2D eigenvalue weighted by molar-refractivity contribution is 0.506. The van der Waals surface area contributed by atoms with Gasteiger partial charge >= 0.3 is 0 Å². The van der Waals surface area contributed by atoms with Crippen molar-refractivity contribution < 1.29 is 0 Å². The monoisotopic (exact) mass is 285 g/mol. The summed E-state index contributed by atoms with van der Waals surface area (Å²) in [7, 11) is 0. The van der Waals surface area contributed by atoms with Crippen molar-refractivity contribution >= 4 is 0 Å². The molecule has 1 unspecified atom stereocenters. The number of nitrogens with zero attached hydrogens (tertiary/aromatic N) is 2. The van der Waals surface area contributed by atoms with E-state index in [1.54, 1.807) is 0 Å². The number of imidazole rings is 1. The van der Waals surface area contributed by atoms with E-state index in [-0.39, 0.29) is 0 Å². The van der Waals surface area contributed by atoms with Crippen LogP contribution in [-0.2, 0) is 13.0 Å². The normalized spacial score (nSPS) is 12.6. The highest BCUT2D eigenvalue weighted by molar-refractivity contribution is 5.31. The van der Waals surface area contributed by atoms with Crippen molar-refractivity contribution in [3.63, 3.8) is 0 Å². The van der Waals surface area contributed by atoms with Crippen LogP contribution in [0.5, 0.6) is 0 Å². The molecule has 0 bridgehead atoms. The van der Waals surface area contributed by atoms with Crippen LogP contribution in [-0.4, -0.2) is 16.1 Å². The minimum absolute atomic E-state index is 0.330. The Labute approximate surface area is 128 Å². The first-order valence-corrected chi connectivity index (χ1v) is 7.95. The molecular formula is C18H27N3. The average Bonchev–Trinajstić information content (AvgIpc) is 2.89. The van der Waals surface area contributed by atoms with Crippen LogP contribution in [0.3, 0.4) is 0 Å². The molecule has 0 aliphatic carbocycles. The summed E-state index contributed by atoms with van der Waals surface area (Å²) in [4.78, 5) is 4.53. The second kappa shape index (κ2) is 7.41. The quantitative estimate of drug-likeness (QED) is 0.838. The van der Waals surface area contributed by atoms with Gasteiger partial charge in [0.15, 0.2) is 0 Å². The summed E-state index contributed by atoms with van der Waals surface area (Å²) in [5, 5.41) is 3.68. The Morgan fingerprint density at radius 3 is 2.48 bits per heavy atom. The van der Waals surface area contributed by atoms with Crippen molar-refractivity contribution in [2.45, 2.75) is 53.1 Å². The summed E-state index contributed by atoms with van der Waals surface area (Å²) in [6, 6.07) is 7.14. The smallest absolute Gasteiger partial charge is 0.110 e. The first-order valence-electron chi connectivity index (χ1n) is 7.95. The maximum Gasteiger partial charge on any atom is 0.110 e. The van der Waals surface area contributed by atoms with Gasteiger partial charge in [0.05, 0.1) is 0 Å². The molecule has 1 atom stereocenters. The van der Waals surface area contributed by atoms with E-state index in [1.807, 2.05) is 6.20 Å². The Hall–Kier alpha value is -1.61. The van der Waals surface area contributed by atoms with Gasteiger partial charge < -0.3 is 9.88 Å². The molecule has 21 heavy (non-hydrogen) atoms. The van der Waals surface area contributed by atoms with E-state index in [0.29, 0.717) is 6.04 Å². The molecule has 1 N–H and O–H groups in total. The molecule has 0 fully saturated rings. The van der Waals surface area contributed by atoms with E-state index in [2.05, 4.69) is 67.0 Å². The first kappa shape index (κ1) is 15.8. The topological polar surface area (TPSA) is 29.9 Å². The lowest BCUT2D eigenvalue weighted by atomic mass is 9.98. The predicted octanol–water partition coefficient (Wildman–Crippen LogP) is 3.80. The molecule has 1 aromatic heterocycles. The molecule has 0 aliphatic rings. The molecular weight excluding hydrogens is 258 g/mol. The lowest BCUT2D eigenvalue weighted by Crippen LogP contribution is -2.25. The molecule has 2 aromatic rings. The van der Waals surface area contributed by atoms with Gasteiger partial charge in [-0.2, -0.15) is 0 Å². The highest BCUT2D eigenvalue weighted by Crippen LogP contribution is 2.21. The molecule has 0 radical (unpaired) electrons. The van der Waals surface area contributed by atoms with Crippen molar-refractivity contribution in [3.05, 3.63) is 53.1 Å². The Bertz CT molecular complexity index is 551. The highest BCUT2D eigenvalue weighted by Gasteiger charge is 2.15. The van der Waals surface area contributed by atoms with Crippen LogP contribution in [0.1, 0.15) is 48.8 Å². The highest BCUT2D eigenvalue weighted by atomic mass is 15.1. The summed E-state index contributed by atoms with van der Waals surface area (Å²) in [6.07, 6.45) is 6.04. The van der Waals surface area contributed by atoms with Gasteiger partial charge in [0.2, 0.25) is 0 Å². The Morgan fingerprint density at radius 1 is 1.14 bits per heavy atom. The van der Waals surface area contributed by atoms with Gasteiger partial charge in [-0.3, -0.25) is 0 Å². The third kappa shape index (κ3) is 4.18. The van der Waals surface area contributed by atoms with Crippen LogP contribution in [0.25, 0.3) is 0 Å². The fraction of sp³-hybridized carbons (Fsp3) is 0.500. The molecule has 3 heteroatoms. The number of hydrogen-bond acceptors (Lipinski definition) is 2. The predicted molar refractivity (Wildman–Crippen MR) is 88.6 cm³/mol. The zero-order valence-electron chi connectivity index (χ0n) is 13.7. The molecule has 0 aliphatic heterocycles. The van der Waals surface area contributed by atoms with Gasteiger partial charge in [0.1, 0.15) is 5.82 Å². The number of aromatic nitrogens is 2. The largest absolute Gasteiger partial charge is 0.335 e. The standard InChI is InChI=1S/C18H27N3/c1-5-7-19-17(13-18-20-8-9-21(18)6-2)16-11-14(3)10-15(4)12-16/h8-12,17,19H,5-7,13H2,1-4H3. The number of benzene rings is 1. The van der Waals surface area contributed by atoms with E-state index < -0.39 is 0 Å². The fourth-order valence-electron chi connectivity index (χ4n) is 2.84. The lowest BCUT2D eigenvalue weighted by Gasteiger charge is -2.20. The van der Waals surface area contributed by atoms with Gasteiger partial charge in [-0.05, 0) is 39.3 Å². The van der Waals surface area contributed by atoms with Crippen LogP contribution in [0.15, 0.2) is 30.6 Å². The van der Waals surface area contributed by atoms with Crippen LogP contribution < -0.4 is 5.32 Å². The van der Waals surface area contributed by atoms with Gasteiger partial charge in [0, 0.05) is 31.4 Å². The fourth-order valence-corrected chi connectivity index (χ4v) is 2.84. The third-order valence-corrected chi connectivity index (χ3v) is 3.82. The summed E-state index contributed by atoms with van der Waals surface area (Å²) in [5.74, 6) is 1.16. The minimum Gasteiger partial charge on any atom is -0.335 e. The van der Waals surface area contributed by atoms with E-state index in [9.17, 15) is 0 Å². The molecule has 0 saturated heterocycles. The summed E-state index contributed by atoms with van der Waals surface area (Å²) < 4.78 is 2.23.